The summed E-state index contributed by atoms with van der Waals surface area (Å²) in [6, 6.07) is 9.67. The molecule has 0 radical (unpaired) electrons. The van der Waals surface area contributed by atoms with E-state index in [0.29, 0.717) is 18.0 Å². The third kappa shape index (κ3) is 3.96. The Balaban J connectivity index is 1.57. The number of thiazole rings is 1. The SMILES string of the molecule is O=C(NCC[C@H](CCO)c1cccs1)c1ccc2ncsc2c1. The Morgan fingerprint density at radius 3 is 2.96 bits per heavy atom. The van der Waals surface area contributed by atoms with E-state index in [4.69, 9.17) is 0 Å². The Bertz CT molecular complexity index is 768. The predicted molar refractivity (Wildman–Crippen MR) is 95.3 cm³/mol. The fourth-order valence-corrected chi connectivity index (χ4v) is 4.18. The maximum absolute atomic E-state index is 12.3. The molecule has 0 bridgehead atoms. The van der Waals surface area contributed by atoms with Crippen molar-refractivity contribution >= 4 is 38.8 Å². The summed E-state index contributed by atoms with van der Waals surface area (Å²) in [5, 5.41) is 14.2. The van der Waals surface area contributed by atoms with E-state index in [2.05, 4.69) is 16.4 Å². The molecular weight excluding hydrogens is 328 g/mol. The zero-order chi connectivity index (χ0) is 16.1. The van der Waals surface area contributed by atoms with Gasteiger partial charge < -0.3 is 10.4 Å². The summed E-state index contributed by atoms with van der Waals surface area (Å²) in [5.41, 5.74) is 3.37. The Morgan fingerprint density at radius 1 is 1.26 bits per heavy atom. The van der Waals surface area contributed by atoms with Crippen LogP contribution in [0.5, 0.6) is 0 Å². The Hall–Kier alpha value is -1.76. The Kier molecular flexibility index (Phi) is 5.38. The van der Waals surface area contributed by atoms with Crippen molar-refractivity contribution in [2.75, 3.05) is 13.2 Å². The minimum absolute atomic E-state index is 0.0609. The van der Waals surface area contributed by atoms with Gasteiger partial charge in [0.15, 0.2) is 0 Å². The number of thiophene rings is 1. The van der Waals surface area contributed by atoms with Crippen LogP contribution in [0.1, 0.15) is 34.0 Å². The van der Waals surface area contributed by atoms with Gasteiger partial charge in [-0.25, -0.2) is 4.98 Å². The fraction of sp³-hybridized carbons (Fsp3) is 0.294. The number of fused-ring (bicyclic) bond motifs is 1. The van der Waals surface area contributed by atoms with Gasteiger partial charge in [0, 0.05) is 23.6 Å². The van der Waals surface area contributed by atoms with Gasteiger partial charge in [0.05, 0.1) is 15.7 Å². The molecule has 0 aliphatic rings. The highest BCUT2D eigenvalue weighted by atomic mass is 32.1. The smallest absolute Gasteiger partial charge is 0.251 e. The summed E-state index contributed by atoms with van der Waals surface area (Å²) in [4.78, 5) is 17.7. The van der Waals surface area contributed by atoms with Crippen LogP contribution in [0.3, 0.4) is 0 Å². The number of hydrogen-bond donors (Lipinski definition) is 2. The highest BCUT2D eigenvalue weighted by Crippen LogP contribution is 2.27. The molecule has 0 aliphatic carbocycles. The number of aromatic nitrogens is 1. The van der Waals surface area contributed by atoms with E-state index in [9.17, 15) is 9.90 Å². The van der Waals surface area contributed by atoms with Crippen LogP contribution in [0.2, 0.25) is 0 Å². The lowest BCUT2D eigenvalue weighted by molar-refractivity contribution is 0.0952. The van der Waals surface area contributed by atoms with Crippen LogP contribution in [0, 0.1) is 0 Å². The molecule has 0 unspecified atom stereocenters. The number of benzene rings is 1. The molecule has 0 saturated heterocycles. The molecule has 2 heterocycles. The average molecular weight is 346 g/mol. The second kappa shape index (κ2) is 7.68. The van der Waals surface area contributed by atoms with Crippen molar-refractivity contribution in [2.24, 2.45) is 0 Å². The average Bonchev–Trinajstić information content (AvgIpc) is 3.24. The molecule has 4 nitrogen and oxygen atoms in total. The van der Waals surface area contributed by atoms with Crippen LogP contribution >= 0.6 is 22.7 Å². The van der Waals surface area contributed by atoms with Crippen molar-refractivity contribution in [3.05, 3.63) is 51.7 Å². The van der Waals surface area contributed by atoms with Crippen molar-refractivity contribution in [3.8, 4) is 0 Å². The summed E-state index contributed by atoms with van der Waals surface area (Å²) in [5.74, 6) is 0.235. The predicted octanol–water partition coefficient (Wildman–Crippen LogP) is 3.64. The fourth-order valence-electron chi connectivity index (χ4n) is 2.57. The Labute approximate surface area is 142 Å². The number of carbonyl (C=O) groups excluding carboxylic acids is 1. The van der Waals surface area contributed by atoms with Crippen molar-refractivity contribution in [2.45, 2.75) is 18.8 Å². The van der Waals surface area contributed by atoms with Crippen molar-refractivity contribution in [3.63, 3.8) is 0 Å². The lowest BCUT2D eigenvalue weighted by Gasteiger charge is -2.14. The van der Waals surface area contributed by atoms with E-state index >= 15 is 0 Å². The minimum Gasteiger partial charge on any atom is -0.396 e. The third-order valence-corrected chi connectivity index (χ3v) is 5.62. The van der Waals surface area contributed by atoms with E-state index < -0.39 is 0 Å². The maximum atomic E-state index is 12.3. The number of aliphatic hydroxyl groups is 1. The second-order valence-electron chi connectivity index (χ2n) is 5.30. The number of rotatable bonds is 7. The number of aliphatic hydroxyl groups excluding tert-OH is 1. The van der Waals surface area contributed by atoms with E-state index in [1.54, 1.807) is 16.8 Å². The number of carbonyl (C=O) groups is 1. The molecule has 2 aromatic heterocycles. The van der Waals surface area contributed by atoms with Crippen LogP contribution in [0.25, 0.3) is 10.2 Å². The molecule has 3 aromatic rings. The van der Waals surface area contributed by atoms with Crippen molar-refractivity contribution < 1.29 is 9.90 Å². The summed E-state index contributed by atoms with van der Waals surface area (Å²) < 4.78 is 1.02. The van der Waals surface area contributed by atoms with Crippen LogP contribution in [0.4, 0.5) is 0 Å². The molecule has 2 N–H and O–H groups in total. The van der Waals surface area contributed by atoms with Gasteiger partial charge in [0.2, 0.25) is 0 Å². The van der Waals surface area contributed by atoms with Crippen molar-refractivity contribution in [1.82, 2.24) is 10.3 Å². The lowest BCUT2D eigenvalue weighted by Crippen LogP contribution is -2.25. The zero-order valence-corrected chi connectivity index (χ0v) is 14.2. The number of amides is 1. The largest absolute Gasteiger partial charge is 0.396 e. The highest BCUT2D eigenvalue weighted by molar-refractivity contribution is 7.16. The summed E-state index contributed by atoms with van der Waals surface area (Å²) in [7, 11) is 0. The molecule has 0 saturated carbocycles. The molecule has 120 valence electrons. The quantitative estimate of drug-likeness (QED) is 0.686. The van der Waals surface area contributed by atoms with Gasteiger partial charge in [-0.15, -0.1) is 22.7 Å². The summed E-state index contributed by atoms with van der Waals surface area (Å²) in [6.45, 7) is 0.765. The standard InChI is InChI=1S/C17H18N2O2S2/c20-8-6-12(15-2-1-9-22-15)5-7-18-17(21)13-3-4-14-16(10-13)23-11-19-14/h1-4,9-12,20H,5-8H2,(H,18,21)/t12-/m1/s1. The molecule has 3 rings (SSSR count). The summed E-state index contributed by atoms with van der Waals surface area (Å²) in [6.07, 6.45) is 1.55. The van der Waals surface area contributed by atoms with Gasteiger partial charge in [0.25, 0.3) is 5.91 Å². The van der Waals surface area contributed by atoms with Gasteiger partial charge in [0.1, 0.15) is 0 Å². The van der Waals surface area contributed by atoms with Gasteiger partial charge in [-0.1, -0.05) is 6.07 Å². The highest BCUT2D eigenvalue weighted by Gasteiger charge is 2.13. The first-order valence-electron chi connectivity index (χ1n) is 7.53. The normalized spacial score (nSPS) is 12.4. The Morgan fingerprint density at radius 2 is 2.17 bits per heavy atom. The molecule has 1 aromatic carbocycles. The number of nitrogens with zero attached hydrogens (tertiary/aromatic N) is 1. The van der Waals surface area contributed by atoms with E-state index in [1.807, 2.05) is 29.6 Å². The van der Waals surface area contributed by atoms with Crippen LogP contribution in [-0.2, 0) is 0 Å². The maximum Gasteiger partial charge on any atom is 0.251 e. The topological polar surface area (TPSA) is 62.2 Å². The van der Waals surface area contributed by atoms with Gasteiger partial charge >= 0.3 is 0 Å². The first-order valence-corrected chi connectivity index (χ1v) is 9.29. The number of nitrogens with one attached hydrogen (secondary N) is 1. The molecular formula is C17H18N2O2S2. The van der Waals surface area contributed by atoms with E-state index in [-0.39, 0.29) is 12.5 Å². The first kappa shape index (κ1) is 16.1. The van der Waals surface area contributed by atoms with Gasteiger partial charge in [-0.2, -0.15) is 0 Å². The first-order chi connectivity index (χ1) is 11.3. The lowest BCUT2D eigenvalue weighted by atomic mass is 10.00. The zero-order valence-electron chi connectivity index (χ0n) is 12.6. The van der Waals surface area contributed by atoms with Crippen molar-refractivity contribution in [1.29, 1.82) is 0 Å². The molecule has 6 heteroatoms. The second-order valence-corrected chi connectivity index (χ2v) is 7.17. The monoisotopic (exact) mass is 346 g/mol. The molecule has 0 spiro atoms. The summed E-state index contributed by atoms with van der Waals surface area (Å²) >= 11 is 3.23. The van der Waals surface area contributed by atoms with Crippen LogP contribution in [0.15, 0.2) is 41.2 Å². The number of hydrogen-bond acceptors (Lipinski definition) is 5. The third-order valence-electron chi connectivity index (χ3n) is 3.79. The molecule has 0 aliphatic heterocycles. The van der Waals surface area contributed by atoms with Gasteiger partial charge in [-0.3, -0.25) is 4.79 Å². The molecule has 23 heavy (non-hydrogen) atoms. The minimum atomic E-state index is -0.0609. The van der Waals surface area contributed by atoms with Crippen LogP contribution in [-0.4, -0.2) is 29.1 Å². The van der Waals surface area contributed by atoms with Crippen LogP contribution < -0.4 is 5.32 Å². The molecule has 0 fully saturated rings. The molecule has 1 amide bonds. The van der Waals surface area contributed by atoms with E-state index in [0.717, 1.165) is 23.1 Å². The molecule has 1 atom stereocenters. The van der Waals surface area contributed by atoms with Gasteiger partial charge in [-0.05, 0) is 48.4 Å². The van der Waals surface area contributed by atoms with E-state index in [1.165, 1.54) is 16.2 Å².